The molecule has 0 N–H and O–H groups in total. The standard InChI is InChI=1S/C19H15O4/c20-12-14-6-1-2-9-15(14)18(21)16-10-3-4-11-17(16)23-19(22)13-7-5-8-13/h1-4,6,9-11,13H,5,7-8H2. The van der Waals surface area contributed by atoms with Crippen LogP contribution in [0.1, 0.15) is 40.7 Å². The lowest BCUT2D eigenvalue weighted by Crippen LogP contribution is -2.27. The highest BCUT2D eigenvalue weighted by atomic mass is 16.5. The third-order valence-corrected chi connectivity index (χ3v) is 4.06. The number of ether oxygens (including phenoxy) is 1. The van der Waals surface area contributed by atoms with E-state index in [1.54, 1.807) is 48.8 Å². The molecule has 0 unspecified atom stereocenters. The van der Waals surface area contributed by atoms with E-state index >= 15 is 0 Å². The van der Waals surface area contributed by atoms with E-state index in [0.29, 0.717) is 0 Å². The lowest BCUT2D eigenvalue weighted by atomic mass is 9.86. The fraction of sp³-hybridized carbons (Fsp3) is 0.211. The highest BCUT2D eigenvalue weighted by Crippen LogP contribution is 2.30. The number of esters is 1. The van der Waals surface area contributed by atoms with Crippen molar-refractivity contribution >= 4 is 18.0 Å². The van der Waals surface area contributed by atoms with Crippen molar-refractivity contribution in [2.75, 3.05) is 0 Å². The molecule has 0 atom stereocenters. The Balaban J connectivity index is 1.91. The topological polar surface area (TPSA) is 60.4 Å². The number of hydrogen-bond donors (Lipinski definition) is 0. The molecule has 2 aromatic carbocycles. The minimum absolute atomic E-state index is 0.0752. The lowest BCUT2D eigenvalue weighted by molar-refractivity contribution is -0.141. The lowest BCUT2D eigenvalue weighted by Gasteiger charge is -2.23. The Morgan fingerprint density at radius 1 is 0.957 bits per heavy atom. The molecule has 0 bridgehead atoms. The number of hydrogen-bond acceptors (Lipinski definition) is 4. The average Bonchev–Trinajstić information content (AvgIpc) is 2.53. The van der Waals surface area contributed by atoms with E-state index in [-0.39, 0.29) is 40.1 Å². The summed E-state index contributed by atoms with van der Waals surface area (Å²) >= 11 is 0. The SMILES string of the molecule is O=[C]c1ccccc1C(=O)c1ccccc1OC(=O)C1CCC1. The van der Waals surface area contributed by atoms with Crippen LogP contribution >= 0.6 is 0 Å². The predicted molar refractivity (Wildman–Crippen MR) is 84.1 cm³/mol. The number of benzene rings is 2. The second-order valence-corrected chi connectivity index (χ2v) is 5.52. The maximum absolute atomic E-state index is 12.7. The number of ketones is 1. The first-order chi connectivity index (χ1) is 11.2. The summed E-state index contributed by atoms with van der Waals surface area (Å²) in [6.45, 7) is 0. The van der Waals surface area contributed by atoms with Gasteiger partial charge in [0.05, 0.1) is 11.5 Å². The molecule has 1 saturated carbocycles. The number of rotatable bonds is 5. The Kier molecular flexibility index (Phi) is 4.33. The van der Waals surface area contributed by atoms with Gasteiger partial charge in [0, 0.05) is 11.1 Å². The molecule has 0 amide bonds. The summed E-state index contributed by atoms with van der Waals surface area (Å²) in [6, 6.07) is 13.0. The third kappa shape index (κ3) is 3.06. The van der Waals surface area contributed by atoms with Gasteiger partial charge in [0.1, 0.15) is 5.75 Å². The molecule has 0 aliphatic heterocycles. The molecular formula is C19H15O4. The smallest absolute Gasteiger partial charge is 0.314 e. The fourth-order valence-electron chi connectivity index (χ4n) is 2.49. The van der Waals surface area contributed by atoms with Gasteiger partial charge in [-0.1, -0.05) is 42.8 Å². The molecule has 3 rings (SSSR count). The summed E-state index contributed by atoms with van der Waals surface area (Å²) in [5.41, 5.74) is 0.704. The first-order valence-corrected chi connectivity index (χ1v) is 7.53. The maximum Gasteiger partial charge on any atom is 0.314 e. The molecule has 115 valence electrons. The molecule has 0 heterocycles. The monoisotopic (exact) mass is 307 g/mol. The molecule has 0 aromatic heterocycles. The van der Waals surface area contributed by atoms with Crippen LogP contribution in [0.15, 0.2) is 48.5 Å². The van der Waals surface area contributed by atoms with E-state index in [0.717, 1.165) is 19.3 Å². The Morgan fingerprint density at radius 3 is 2.26 bits per heavy atom. The third-order valence-electron chi connectivity index (χ3n) is 4.06. The second-order valence-electron chi connectivity index (χ2n) is 5.52. The maximum atomic E-state index is 12.7. The summed E-state index contributed by atoms with van der Waals surface area (Å²) in [5, 5.41) is 0. The Bertz CT molecular complexity index is 759. The largest absolute Gasteiger partial charge is 0.426 e. The minimum Gasteiger partial charge on any atom is -0.426 e. The molecule has 4 heteroatoms. The first kappa shape index (κ1) is 15.2. The highest BCUT2D eigenvalue weighted by Gasteiger charge is 2.28. The fourth-order valence-corrected chi connectivity index (χ4v) is 2.49. The van der Waals surface area contributed by atoms with Crippen molar-refractivity contribution in [1.82, 2.24) is 0 Å². The number of para-hydroxylation sites is 1. The van der Waals surface area contributed by atoms with Gasteiger partial charge in [-0.3, -0.25) is 14.4 Å². The number of carbonyl (C=O) groups is 2. The van der Waals surface area contributed by atoms with E-state index in [1.807, 2.05) is 0 Å². The first-order valence-electron chi connectivity index (χ1n) is 7.53. The zero-order chi connectivity index (χ0) is 16.2. The summed E-state index contributed by atoms with van der Waals surface area (Å²) in [6.07, 6.45) is 4.46. The molecule has 2 aromatic rings. The highest BCUT2D eigenvalue weighted by molar-refractivity contribution is 6.14. The van der Waals surface area contributed by atoms with E-state index in [9.17, 15) is 14.4 Å². The van der Waals surface area contributed by atoms with Crippen molar-refractivity contribution in [3.63, 3.8) is 0 Å². The van der Waals surface area contributed by atoms with Crippen LogP contribution in [0.4, 0.5) is 0 Å². The molecule has 1 radical (unpaired) electrons. The van der Waals surface area contributed by atoms with Crippen molar-refractivity contribution in [3.8, 4) is 5.75 Å². The van der Waals surface area contributed by atoms with Gasteiger partial charge in [-0.25, -0.2) is 0 Å². The molecule has 1 aliphatic rings. The van der Waals surface area contributed by atoms with Crippen LogP contribution in [-0.2, 0) is 9.59 Å². The average molecular weight is 307 g/mol. The van der Waals surface area contributed by atoms with Gasteiger partial charge in [0.2, 0.25) is 6.29 Å². The van der Waals surface area contributed by atoms with Gasteiger partial charge < -0.3 is 4.74 Å². The van der Waals surface area contributed by atoms with Gasteiger partial charge >= 0.3 is 5.97 Å². The van der Waals surface area contributed by atoms with Crippen LogP contribution in [0.25, 0.3) is 0 Å². The molecule has 23 heavy (non-hydrogen) atoms. The molecule has 1 aliphatic carbocycles. The van der Waals surface area contributed by atoms with Crippen molar-refractivity contribution in [2.24, 2.45) is 5.92 Å². The quantitative estimate of drug-likeness (QED) is 0.484. The Labute approximate surface area is 134 Å². The summed E-state index contributed by atoms with van der Waals surface area (Å²) in [4.78, 5) is 35.7. The van der Waals surface area contributed by atoms with Gasteiger partial charge in [-0.2, -0.15) is 0 Å². The summed E-state index contributed by atoms with van der Waals surface area (Å²) < 4.78 is 5.41. The molecule has 0 spiro atoms. The molecule has 0 saturated heterocycles. The van der Waals surface area contributed by atoms with Crippen LogP contribution in [0, 0.1) is 5.92 Å². The molecular weight excluding hydrogens is 292 g/mol. The number of carbonyl (C=O) groups excluding carboxylic acids is 3. The molecule has 1 fully saturated rings. The van der Waals surface area contributed by atoms with Crippen LogP contribution in [0.2, 0.25) is 0 Å². The van der Waals surface area contributed by atoms with E-state index in [2.05, 4.69) is 0 Å². The van der Waals surface area contributed by atoms with Crippen molar-refractivity contribution in [2.45, 2.75) is 19.3 Å². The van der Waals surface area contributed by atoms with E-state index in [4.69, 9.17) is 4.74 Å². The normalized spacial score (nSPS) is 13.9. The Hall–Kier alpha value is -2.75. The van der Waals surface area contributed by atoms with Gasteiger partial charge in [0.25, 0.3) is 0 Å². The van der Waals surface area contributed by atoms with E-state index < -0.39 is 0 Å². The van der Waals surface area contributed by atoms with Crippen molar-refractivity contribution in [1.29, 1.82) is 0 Å². The van der Waals surface area contributed by atoms with Crippen LogP contribution in [0.5, 0.6) is 5.75 Å². The second kappa shape index (κ2) is 6.57. The summed E-state index contributed by atoms with van der Waals surface area (Å²) in [7, 11) is 0. The van der Waals surface area contributed by atoms with Gasteiger partial charge in [0.15, 0.2) is 5.78 Å². The van der Waals surface area contributed by atoms with Gasteiger partial charge in [-0.15, -0.1) is 0 Å². The van der Waals surface area contributed by atoms with Crippen LogP contribution < -0.4 is 4.74 Å². The Morgan fingerprint density at radius 2 is 1.61 bits per heavy atom. The van der Waals surface area contributed by atoms with Crippen molar-refractivity contribution < 1.29 is 19.1 Å². The zero-order valence-electron chi connectivity index (χ0n) is 12.5. The minimum atomic E-state index is -0.360. The molecule has 4 nitrogen and oxygen atoms in total. The van der Waals surface area contributed by atoms with Crippen LogP contribution in [0.3, 0.4) is 0 Å². The van der Waals surface area contributed by atoms with E-state index in [1.165, 1.54) is 6.07 Å². The van der Waals surface area contributed by atoms with Gasteiger partial charge in [-0.05, 0) is 25.0 Å². The van der Waals surface area contributed by atoms with Crippen molar-refractivity contribution in [3.05, 3.63) is 65.2 Å². The predicted octanol–water partition coefficient (Wildman–Crippen LogP) is 3.08. The summed E-state index contributed by atoms with van der Waals surface area (Å²) in [5.74, 6) is -0.503. The van der Waals surface area contributed by atoms with Crippen LogP contribution in [-0.4, -0.2) is 18.0 Å². The zero-order valence-corrected chi connectivity index (χ0v) is 12.5.